The van der Waals surface area contributed by atoms with Gasteiger partial charge in [-0.25, -0.2) is 14.4 Å². The number of pyridine rings is 2. The number of hydrogen-bond donors (Lipinski definition) is 0. The molecular weight excluding hydrogens is 552 g/mol. The topological polar surface area (TPSA) is 92.2 Å². The summed E-state index contributed by atoms with van der Waals surface area (Å²) in [6, 6.07) is 6.16. The number of anilines is 1. The van der Waals surface area contributed by atoms with Crippen LogP contribution in [0.2, 0.25) is 0 Å². The number of benzene rings is 1. The van der Waals surface area contributed by atoms with Crippen LogP contribution in [-0.2, 0) is 21.5 Å². The van der Waals surface area contributed by atoms with Crippen LogP contribution in [0.3, 0.4) is 0 Å². The zero-order valence-electron chi connectivity index (χ0n) is 22.2. The van der Waals surface area contributed by atoms with Gasteiger partial charge in [-0.3, -0.25) is 19.6 Å². The molecule has 3 aromatic heterocycles. The average molecular weight is 577 g/mol. The van der Waals surface area contributed by atoms with E-state index in [0.717, 1.165) is 10.9 Å². The van der Waals surface area contributed by atoms with Gasteiger partial charge in [0.15, 0.2) is 0 Å². The van der Waals surface area contributed by atoms with Crippen LogP contribution in [0.25, 0.3) is 21.9 Å². The second kappa shape index (κ2) is 9.27. The molecule has 0 bridgehead atoms. The van der Waals surface area contributed by atoms with Gasteiger partial charge in [0, 0.05) is 54.4 Å². The van der Waals surface area contributed by atoms with Gasteiger partial charge in [-0.15, -0.1) is 0 Å². The van der Waals surface area contributed by atoms with E-state index in [1.54, 1.807) is 48.0 Å². The lowest BCUT2D eigenvalue weighted by Crippen LogP contribution is -2.53. The third-order valence-corrected chi connectivity index (χ3v) is 8.96. The number of amides is 2. The van der Waals surface area contributed by atoms with E-state index < -0.39 is 28.7 Å². The van der Waals surface area contributed by atoms with Gasteiger partial charge in [0.25, 0.3) is 0 Å². The fourth-order valence-electron chi connectivity index (χ4n) is 6.52. The third kappa shape index (κ3) is 3.87. The number of halogens is 4. The van der Waals surface area contributed by atoms with Crippen LogP contribution in [0.15, 0.2) is 61.6 Å². The summed E-state index contributed by atoms with van der Waals surface area (Å²) in [4.78, 5) is 47.2. The lowest BCUT2D eigenvalue weighted by Gasteiger charge is -2.40. The van der Waals surface area contributed by atoms with Crippen LogP contribution in [0.4, 0.5) is 23.2 Å². The molecule has 0 unspecified atom stereocenters. The Hall–Kier alpha value is -4.48. The highest BCUT2D eigenvalue weighted by Crippen LogP contribution is 2.59. The summed E-state index contributed by atoms with van der Waals surface area (Å²) in [6.07, 6.45) is 4.81. The highest BCUT2D eigenvalue weighted by atomic mass is 19.4. The van der Waals surface area contributed by atoms with Crippen LogP contribution in [0, 0.1) is 11.2 Å². The van der Waals surface area contributed by atoms with Gasteiger partial charge in [0.2, 0.25) is 11.8 Å². The quantitative estimate of drug-likeness (QED) is 0.319. The summed E-state index contributed by atoms with van der Waals surface area (Å²) in [5.74, 6) is -1.52. The molecule has 0 N–H and O–H groups in total. The number of rotatable bonds is 4. The molecule has 0 atom stereocenters. The summed E-state index contributed by atoms with van der Waals surface area (Å²) in [5.41, 5.74) is -0.109. The van der Waals surface area contributed by atoms with Crippen LogP contribution in [0.1, 0.15) is 36.9 Å². The molecule has 1 aliphatic carbocycles. The van der Waals surface area contributed by atoms with Crippen LogP contribution >= 0.6 is 0 Å². The summed E-state index contributed by atoms with van der Waals surface area (Å²) >= 11 is 0. The number of fused-ring (bicyclic) bond motifs is 3. The molecule has 42 heavy (non-hydrogen) atoms. The zero-order valence-corrected chi connectivity index (χ0v) is 22.2. The molecule has 12 heteroatoms. The number of nitrogens with zero attached hydrogens (tertiary/aromatic N) is 6. The fraction of sp³-hybridized carbons (Fsp3) is 0.333. The molecule has 1 spiro atoms. The molecular formula is C30H24F4N6O2. The maximum absolute atomic E-state index is 14.3. The van der Waals surface area contributed by atoms with Crippen molar-refractivity contribution in [1.82, 2.24) is 24.8 Å². The Balaban J connectivity index is 1.23. The Morgan fingerprint density at radius 1 is 0.952 bits per heavy atom. The van der Waals surface area contributed by atoms with Crippen LogP contribution in [0.5, 0.6) is 0 Å². The highest BCUT2D eigenvalue weighted by Gasteiger charge is 2.69. The van der Waals surface area contributed by atoms with Gasteiger partial charge in [0.05, 0.1) is 29.5 Å². The predicted octanol–water partition coefficient (Wildman–Crippen LogP) is 4.98. The minimum absolute atomic E-state index is 0.0460. The third-order valence-electron chi connectivity index (χ3n) is 8.96. The van der Waals surface area contributed by atoms with Crippen LogP contribution < -0.4 is 4.90 Å². The minimum atomic E-state index is -4.59. The summed E-state index contributed by atoms with van der Waals surface area (Å²) in [6.45, 7) is 0.158. The summed E-state index contributed by atoms with van der Waals surface area (Å²) in [5, 5.41) is 1.29. The molecule has 1 saturated heterocycles. The standard InChI is InChI=1S/C30H24F4N6O2/c31-20-1-2-21-18(11-20)14-38-23(25(21)19-12-36-17-37-13-19)16-40-24-15-35-8-3-22(24)28(26(40)41)6-9-39(10-7-28)27(42)29(4-5-29)30(32,33)34/h1-3,8,11-15,17H,4-7,9-10,16H2. The van der Waals surface area contributed by atoms with Gasteiger partial charge >= 0.3 is 6.18 Å². The lowest BCUT2D eigenvalue weighted by molar-refractivity contribution is -0.199. The van der Waals surface area contributed by atoms with E-state index >= 15 is 0 Å². The first-order valence-corrected chi connectivity index (χ1v) is 13.6. The van der Waals surface area contributed by atoms with Gasteiger partial charge in [-0.1, -0.05) is 6.07 Å². The SMILES string of the molecule is O=C1N(Cc2ncc3cc(F)ccc3c2-c2cncnc2)c2cnccc2C12CCN(C(=O)C1(C(F)(F)F)CC1)CC2. The van der Waals surface area contributed by atoms with E-state index in [1.807, 2.05) is 0 Å². The average Bonchev–Trinajstić information content (AvgIpc) is 3.79. The van der Waals surface area contributed by atoms with Crippen molar-refractivity contribution in [1.29, 1.82) is 0 Å². The Morgan fingerprint density at radius 3 is 2.38 bits per heavy atom. The predicted molar refractivity (Wildman–Crippen MR) is 143 cm³/mol. The Morgan fingerprint density at radius 2 is 1.69 bits per heavy atom. The number of carbonyl (C=O) groups excluding carboxylic acids is 2. The van der Waals surface area contributed by atoms with E-state index in [1.165, 1.54) is 23.4 Å². The number of carbonyl (C=O) groups is 2. The summed E-state index contributed by atoms with van der Waals surface area (Å²) in [7, 11) is 0. The van der Waals surface area contributed by atoms with Crippen LogP contribution in [-0.4, -0.2) is 55.9 Å². The maximum Gasteiger partial charge on any atom is 0.403 e. The van der Waals surface area contributed by atoms with Gasteiger partial charge in [0.1, 0.15) is 17.6 Å². The van der Waals surface area contributed by atoms with Crippen molar-refractivity contribution in [3.8, 4) is 11.1 Å². The smallest absolute Gasteiger partial charge is 0.342 e. The van der Waals surface area contributed by atoms with Crippen molar-refractivity contribution in [3.05, 3.63) is 78.7 Å². The van der Waals surface area contributed by atoms with Crippen molar-refractivity contribution >= 4 is 28.3 Å². The number of likely N-dealkylation sites (tertiary alicyclic amines) is 1. The van der Waals surface area contributed by atoms with Crippen molar-refractivity contribution in [3.63, 3.8) is 0 Å². The molecule has 2 aliphatic heterocycles. The van der Waals surface area contributed by atoms with E-state index in [2.05, 4.69) is 19.9 Å². The molecule has 214 valence electrons. The molecule has 0 radical (unpaired) electrons. The molecule has 3 aliphatic rings. The lowest BCUT2D eigenvalue weighted by atomic mass is 9.73. The number of alkyl halides is 3. The molecule has 4 aromatic rings. The van der Waals surface area contributed by atoms with Crippen molar-refractivity contribution in [2.45, 2.75) is 43.8 Å². The highest BCUT2D eigenvalue weighted by molar-refractivity contribution is 6.08. The van der Waals surface area contributed by atoms with Crippen molar-refractivity contribution in [2.24, 2.45) is 5.41 Å². The van der Waals surface area contributed by atoms with E-state index in [-0.39, 0.29) is 51.2 Å². The first kappa shape index (κ1) is 26.4. The summed E-state index contributed by atoms with van der Waals surface area (Å²) < 4.78 is 54.9. The maximum atomic E-state index is 14.3. The molecule has 7 rings (SSSR count). The molecule has 1 saturated carbocycles. The first-order valence-electron chi connectivity index (χ1n) is 13.6. The minimum Gasteiger partial charge on any atom is -0.342 e. The molecule has 2 amide bonds. The monoisotopic (exact) mass is 576 g/mol. The zero-order chi connectivity index (χ0) is 29.3. The largest absolute Gasteiger partial charge is 0.403 e. The molecule has 8 nitrogen and oxygen atoms in total. The van der Waals surface area contributed by atoms with Gasteiger partial charge < -0.3 is 9.80 Å². The number of hydrogen-bond acceptors (Lipinski definition) is 6. The van der Waals surface area contributed by atoms with Crippen molar-refractivity contribution < 1.29 is 27.2 Å². The first-order chi connectivity index (χ1) is 20.1. The van der Waals surface area contributed by atoms with E-state index in [4.69, 9.17) is 0 Å². The van der Waals surface area contributed by atoms with E-state index in [0.29, 0.717) is 27.9 Å². The van der Waals surface area contributed by atoms with E-state index in [9.17, 15) is 27.2 Å². The molecule has 5 heterocycles. The second-order valence-corrected chi connectivity index (χ2v) is 11.2. The Labute approximate surface area is 237 Å². The number of piperidine rings is 1. The van der Waals surface area contributed by atoms with Gasteiger partial charge in [-0.05, 0) is 54.8 Å². The Bertz CT molecular complexity index is 1730. The second-order valence-electron chi connectivity index (χ2n) is 11.2. The number of aromatic nitrogens is 4. The fourth-order valence-corrected chi connectivity index (χ4v) is 6.52. The molecule has 2 fully saturated rings. The Kier molecular flexibility index (Phi) is 5.83. The normalized spacial score (nSPS) is 18.9. The molecule has 1 aromatic carbocycles. The van der Waals surface area contributed by atoms with Crippen molar-refractivity contribution in [2.75, 3.05) is 18.0 Å². The van der Waals surface area contributed by atoms with Gasteiger partial charge in [-0.2, -0.15) is 13.2 Å².